The fraction of sp³-hybridized carbons (Fsp3) is 0.304. The third-order valence-electron chi connectivity index (χ3n) is 6.34. The van der Waals surface area contributed by atoms with Crippen LogP contribution >= 0.6 is 0 Å². The molecule has 0 saturated carbocycles. The van der Waals surface area contributed by atoms with E-state index >= 15 is 4.39 Å². The number of aryl methyl sites for hydroxylation is 2. The normalized spacial score (nSPS) is 15.9. The number of anilines is 1. The minimum Gasteiger partial charge on any atom is -0.492 e. The van der Waals surface area contributed by atoms with Crippen molar-refractivity contribution in [1.82, 2.24) is 19.7 Å². The quantitative estimate of drug-likeness (QED) is 0.459. The standard InChI is InChI=1S/C23H21F2N5O/c1-10-9-26-18-14(10)7-12(24)8-15(18)16-17(25)20-19(13-5-6-31-21(13)16)27-23(3,4)22-29-28-11(2)30(20)22/h7-9,26-27H,5-6H2,1-4H3. The van der Waals surface area contributed by atoms with E-state index in [1.165, 1.54) is 12.1 Å². The molecule has 0 atom stereocenters. The van der Waals surface area contributed by atoms with Gasteiger partial charge in [-0.05, 0) is 45.4 Å². The maximum absolute atomic E-state index is 16.4. The highest BCUT2D eigenvalue weighted by Gasteiger charge is 2.40. The maximum Gasteiger partial charge on any atom is 0.162 e. The number of hydrogen-bond donors (Lipinski definition) is 2. The van der Waals surface area contributed by atoms with E-state index in [2.05, 4.69) is 20.5 Å². The lowest BCUT2D eigenvalue weighted by molar-refractivity contribution is 0.356. The van der Waals surface area contributed by atoms with Crippen LogP contribution in [0.5, 0.6) is 5.75 Å². The number of nitrogens with one attached hydrogen (secondary N) is 2. The first-order valence-electron chi connectivity index (χ1n) is 10.3. The molecule has 0 amide bonds. The molecular formula is C23H21F2N5O. The van der Waals surface area contributed by atoms with Crippen LogP contribution in [0.3, 0.4) is 0 Å². The summed E-state index contributed by atoms with van der Waals surface area (Å²) in [6, 6.07) is 2.83. The van der Waals surface area contributed by atoms with E-state index in [0.717, 1.165) is 16.5 Å². The van der Waals surface area contributed by atoms with Crippen molar-refractivity contribution in [3.05, 3.63) is 52.7 Å². The summed E-state index contributed by atoms with van der Waals surface area (Å²) in [5, 5.41) is 12.7. The van der Waals surface area contributed by atoms with Gasteiger partial charge in [0.25, 0.3) is 0 Å². The monoisotopic (exact) mass is 421 g/mol. The summed E-state index contributed by atoms with van der Waals surface area (Å²) in [5.41, 5.74) is 3.67. The summed E-state index contributed by atoms with van der Waals surface area (Å²) in [5.74, 6) is 0.778. The fourth-order valence-corrected chi connectivity index (χ4v) is 4.91. The molecular weight excluding hydrogens is 400 g/mol. The SMILES string of the molecule is Cc1c[nH]c2c(-c3c(F)c4c(c5c3OCC5)NC(C)(C)c3nnc(C)n3-4)cc(F)cc12. The van der Waals surface area contributed by atoms with E-state index in [0.29, 0.717) is 52.9 Å². The highest BCUT2D eigenvalue weighted by Crippen LogP contribution is 2.51. The van der Waals surface area contributed by atoms with Crippen LogP contribution in [0.4, 0.5) is 14.5 Å². The Hall–Kier alpha value is -3.42. The molecule has 0 aliphatic carbocycles. The Morgan fingerprint density at radius 2 is 1.97 bits per heavy atom. The molecule has 2 aromatic heterocycles. The molecule has 8 heteroatoms. The number of benzene rings is 2. The average molecular weight is 421 g/mol. The summed E-state index contributed by atoms with van der Waals surface area (Å²) in [6.45, 7) is 8.12. The molecule has 2 aromatic carbocycles. The van der Waals surface area contributed by atoms with Crippen molar-refractivity contribution in [2.45, 2.75) is 39.7 Å². The summed E-state index contributed by atoms with van der Waals surface area (Å²) in [7, 11) is 0. The Bertz CT molecular complexity index is 1420. The number of hydrogen-bond acceptors (Lipinski definition) is 4. The lowest BCUT2D eigenvalue weighted by atomic mass is 9.92. The molecule has 0 fully saturated rings. The van der Waals surface area contributed by atoms with E-state index in [-0.39, 0.29) is 5.56 Å². The van der Waals surface area contributed by atoms with Gasteiger partial charge in [0.2, 0.25) is 0 Å². The number of fused-ring (bicyclic) bond motifs is 6. The van der Waals surface area contributed by atoms with Crippen LogP contribution < -0.4 is 10.1 Å². The molecule has 2 aliphatic heterocycles. The van der Waals surface area contributed by atoms with Crippen molar-refractivity contribution in [3.63, 3.8) is 0 Å². The Morgan fingerprint density at radius 3 is 2.77 bits per heavy atom. The second-order valence-corrected chi connectivity index (χ2v) is 8.82. The molecule has 158 valence electrons. The molecule has 4 aromatic rings. The van der Waals surface area contributed by atoms with Gasteiger partial charge in [-0.1, -0.05) is 0 Å². The minimum atomic E-state index is -0.540. The molecule has 0 bridgehead atoms. The molecule has 2 aliphatic rings. The van der Waals surface area contributed by atoms with Gasteiger partial charge in [-0.25, -0.2) is 8.78 Å². The Labute approximate surface area is 177 Å². The maximum atomic E-state index is 16.4. The van der Waals surface area contributed by atoms with E-state index in [4.69, 9.17) is 4.74 Å². The Balaban J connectivity index is 1.76. The first-order chi connectivity index (χ1) is 14.8. The van der Waals surface area contributed by atoms with Crippen LogP contribution in [-0.2, 0) is 12.0 Å². The number of aromatic nitrogens is 4. The van der Waals surface area contributed by atoms with Crippen LogP contribution in [0.1, 0.15) is 36.6 Å². The van der Waals surface area contributed by atoms with Gasteiger partial charge in [0, 0.05) is 29.1 Å². The highest BCUT2D eigenvalue weighted by atomic mass is 19.1. The number of nitrogens with zero attached hydrogens (tertiary/aromatic N) is 3. The molecule has 6 nitrogen and oxygen atoms in total. The molecule has 0 unspecified atom stereocenters. The van der Waals surface area contributed by atoms with E-state index in [1.807, 2.05) is 20.8 Å². The second-order valence-electron chi connectivity index (χ2n) is 8.82. The van der Waals surface area contributed by atoms with Crippen molar-refractivity contribution in [2.75, 3.05) is 11.9 Å². The van der Waals surface area contributed by atoms with E-state index in [9.17, 15) is 4.39 Å². The largest absolute Gasteiger partial charge is 0.492 e. The molecule has 0 radical (unpaired) electrons. The van der Waals surface area contributed by atoms with Gasteiger partial charge in [-0.3, -0.25) is 4.57 Å². The summed E-state index contributed by atoms with van der Waals surface area (Å²) >= 11 is 0. The predicted molar refractivity (Wildman–Crippen MR) is 114 cm³/mol. The van der Waals surface area contributed by atoms with Crippen molar-refractivity contribution in [3.8, 4) is 22.6 Å². The number of aromatic amines is 1. The van der Waals surface area contributed by atoms with E-state index < -0.39 is 17.2 Å². The van der Waals surface area contributed by atoms with E-state index in [1.54, 1.807) is 17.7 Å². The van der Waals surface area contributed by atoms with Crippen molar-refractivity contribution in [2.24, 2.45) is 0 Å². The zero-order valence-corrected chi connectivity index (χ0v) is 17.7. The summed E-state index contributed by atoms with van der Waals surface area (Å²) < 4.78 is 38.7. The molecule has 2 N–H and O–H groups in total. The lowest BCUT2D eigenvalue weighted by Gasteiger charge is -2.35. The third kappa shape index (κ3) is 2.30. The number of halogens is 2. The number of H-pyrrole nitrogens is 1. The van der Waals surface area contributed by atoms with Gasteiger partial charge >= 0.3 is 0 Å². The van der Waals surface area contributed by atoms with Crippen LogP contribution in [0.2, 0.25) is 0 Å². The van der Waals surface area contributed by atoms with Gasteiger partial charge in [-0.2, -0.15) is 0 Å². The number of rotatable bonds is 1. The first-order valence-corrected chi connectivity index (χ1v) is 10.3. The van der Waals surface area contributed by atoms with Crippen LogP contribution in [0.15, 0.2) is 18.3 Å². The average Bonchev–Trinajstić information content (AvgIpc) is 3.42. The second kappa shape index (κ2) is 5.84. The summed E-state index contributed by atoms with van der Waals surface area (Å²) in [6.07, 6.45) is 2.43. The minimum absolute atomic E-state index is 0.262. The molecule has 6 rings (SSSR count). The van der Waals surface area contributed by atoms with Crippen molar-refractivity contribution >= 4 is 16.6 Å². The van der Waals surface area contributed by atoms with Gasteiger partial charge in [0.05, 0.1) is 28.9 Å². The zero-order valence-electron chi connectivity index (χ0n) is 17.7. The van der Waals surface area contributed by atoms with Crippen molar-refractivity contribution in [1.29, 1.82) is 0 Å². The van der Waals surface area contributed by atoms with Crippen molar-refractivity contribution < 1.29 is 13.5 Å². The highest BCUT2D eigenvalue weighted by molar-refractivity contribution is 5.99. The van der Waals surface area contributed by atoms with Gasteiger partial charge in [0.15, 0.2) is 11.6 Å². The van der Waals surface area contributed by atoms with Gasteiger partial charge in [-0.15, -0.1) is 10.2 Å². The molecule has 31 heavy (non-hydrogen) atoms. The predicted octanol–water partition coefficient (Wildman–Crippen LogP) is 4.91. The zero-order chi connectivity index (χ0) is 21.7. The fourth-order valence-electron chi connectivity index (χ4n) is 4.91. The van der Waals surface area contributed by atoms with Crippen LogP contribution in [0.25, 0.3) is 27.7 Å². The van der Waals surface area contributed by atoms with Crippen LogP contribution in [-0.4, -0.2) is 26.4 Å². The molecule has 0 spiro atoms. The third-order valence-corrected chi connectivity index (χ3v) is 6.34. The van der Waals surface area contributed by atoms with Gasteiger partial charge in [0.1, 0.15) is 23.1 Å². The van der Waals surface area contributed by atoms with Crippen LogP contribution in [0, 0.1) is 25.5 Å². The molecule has 0 saturated heterocycles. The Morgan fingerprint density at radius 1 is 1.16 bits per heavy atom. The number of ether oxygens (including phenoxy) is 1. The Kier molecular flexibility index (Phi) is 3.46. The first kappa shape index (κ1) is 18.4. The smallest absolute Gasteiger partial charge is 0.162 e. The molecule has 4 heterocycles. The topological polar surface area (TPSA) is 67.8 Å². The summed E-state index contributed by atoms with van der Waals surface area (Å²) in [4.78, 5) is 3.18. The lowest BCUT2D eigenvalue weighted by Crippen LogP contribution is -2.37. The van der Waals surface area contributed by atoms with Gasteiger partial charge < -0.3 is 15.0 Å².